The Bertz CT molecular complexity index is 600. The minimum absolute atomic E-state index is 0.124. The summed E-state index contributed by atoms with van der Waals surface area (Å²) < 4.78 is 1.47. The second kappa shape index (κ2) is 5.30. The van der Waals surface area contributed by atoms with E-state index in [2.05, 4.69) is 15.9 Å². The fraction of sp³-hybridized carbons (Fsp3) is 0.0833. The van der Waals surface area contributed by atoms with Gasteiger partial charge in [0.05, 0.1) is 20.6 Å². The molecule has 18 heavy (non-hydrogen) atoms. The van der Waals surface area contributed by atoms with Crippen LogP contribution in [0.1, 0.15) is 9.67 Å². The highest BCUT2D eigenvalue weighted by Gasteiger charge is 2.17. The predicted octanol–water partition coefficient (Wildman–Crippen LogP) is 4.02. The summed E-state index contributed by atoms with van der Waals surface area (Å²) >= 11 is 10.4. The van der Waals surface area contributed by atoms with Crippen LogP contribution in [0.2, 0.25) is 4.34 Å². The molecule has 0 saturated carbocycles. The molecule has 0 fully saturated rings. The van der Waals surface area contributed by atoms with Gasteiger partial charge >= 0.3 is 0 Å². The Morgan fingerprint density at radius 2 is 2.11 bits per heavy atom. The van der Waals surface area contributed by atoms with E-state index in [-0.39, 0.29) is 5.91 Å². The fourth-order valence-electron chi connectivity index (χ4n) is 1.53. The zero-order valence-electron chi connectivity index (χ0n) is 9.48. The second-order valence-electron chi connectivity index (χ2n) is 3.67. The van der Waals surface area contributed by atoms with Crippen LogP contribution in [0.3, 0.4) is 0 Å². The zero-order valence-corrected chi connectivity index (χ0v) is 12.6. The van der Waals surface area contributed by atoms with Crippen molar-refractivity contribution in [2.24, 2.45) is 0 Å². The van der Waals surface area contributed by atoms with E-state index in [0.29, 0.717) is 20.6 Å². The van der Waals surface area contributed by atoms with Crippen molar-refractivity contribution < 1.29 is 4.79 Å². The lowest BCUT2D eigenvalue weighted by Gasteiger charge is -2.18. The highest BCUT2D eigenvalue weighted by molar-refractivity contribution is 9.10. The Balaban J connectivity index is 2.31. The topological polar surface area (TPSA) is 46.3 Å². The molecule has 6 heteroatoms. The molecule has 0 bridgehead atoms. The first-order valence-electron chi connectivity index (χ1n) is 5.07. The molecule has 2 rings (SSSR count). The Morgan fingerprint density at radius 1 is 1.39 bits per heavy atom. The van der Waals surface area contributed by atoms with Crippen LogP contribution in [-0.2, 0) is 0 Å². The SMILES string of the molecule is CN(C(=O)c1ccc(Cl)s1)c1ccc(Br)cc1N. The molecule has 0 saturated heterocycles. The molecular formula is C12H10BrClN2OS. The van der Waals surface area contributed by atoms with Gasteiger partial charge in [-0.3, -0.25) is 4.79 Å². The summed E-state index contributed by atoms with van der Waals surface area (Å²) in [6.07, 6.45) is 0. The number of thiophene rings is 1. The molecule has 94 valence electrons. The molecule has 2 aromatic rings. The summed E-state index contributed by atoms with van der Waals surface area (Å²) in [4.78, 5) is 14.3. The van der Waals surface area contributed by atoms with Gasteiger partial charge < -0.3 is 10.6 Å². The number of hydrogen-bond acceptors (Lipinski definition) is 3. The van der Waals surface area contributed by atoms with E-state index in [9.17, 15) is 4.79 Å². The van der Waals surface area contributed by atoms with Gasteiger partial charge in [-0.05, 0) is 30.3 Å². The third-order valence-corrected chi connectivity index (χ3v) is 4.15. The normalized spacial score (nSPS) is 10.4. The fourth-order valence-corrected chi connectivity index (χ4v) is 2.93. The summed E-state index contributed by atoms with van der Waals surface area (Å²) in [6, 6.07) is 8.82. The highest BCUT2D eigenvalue weighted by atomic mass is 79.9. The summed E-state index contributed by atoms with van der Waals surface area (Å²) in [5, 5.41) is 0. The van der Waals surface area contributed by atoms with Crippen LogP contribution in [-0.4, -0.2) is 13.0 Å². The van der Waals surface area contributed by atoms with Gasteiger partial charge in [0.15, 0.2) is 0 Å². The highest BCUT2D eigenvalue weighted by Crippen LogP contribution is 2.29. The molecule has 0 atom stereocenters. The van der Waals surface area contributed by atoms with E-state index in [4.69, 9.17) is 17.3 Å². The van der Waals surface area contributed by atoms with Crippen LogP contribution in [0.25, 0.3) is 0 Å². The van der Waals surface area contributed by atoms with Crippen molar-refractivity contribution in [2.45, 2.75) is 0 Å². The first-order chi connectivity index (χ1) is 8.49. The Labute approximate surface area is 122 Å². The van der Waals surface area contributed by atoms with Crippen molar-refractivity contribution >= 4 is 56.1 Å². The molecular weight excluding hydrogens is 336 g/mol. The molecule has 3 nitrogen and oxygen atoms in total. The van der Waals surface area contributed by atoms with Crippen molar-refractivity contribution in [3.63, 3.8) is 0 Å². The zero-order chi connectivity index (χ0) is 13.3. The van der Waals surface area contributed by atoms with E-state index >= 15 is 0 Å². The van der Waals surface area contributed by atoms with E-state index in [1.807, 2.05) is 6.07 Å². The summed E-state index contributed by atoms with van der Waals surface area (Å²) in [7, 11) is 1.69. The Kier molecular flexibility index (Phi) is 3.94. The number of anilines is 2. The number of benzene rings is 1. The minimum Gasteiger partial charge on any atom is -0.397 e. The van der Waals surface area contributed by atoms with Crippen molar-refractivity contribution in [1.82, 2.24) is 0 Å². The minimum atomic E-state index is -0.124. The average Bonchev–Trinajstić information content (AvgIpc) is 2.74. The number of nitrogens with two attached hydrogens (primary N) is 1. The van der Waals surface area contributed by atoms with Crippen LogP contribution in [0, 0.1) is 0 Å². The smallest absolute Gasteiger partial charge is 0.268 e. The number of nitrogen functional groups attached to an aromatic ring is 1. The first kappa shape index (κ1) is 13.4. The molecule has 1 amide bonds. The quantitative estimate of drug-likeness (QED) is 0.836. The molecule has 0 aliphatic carbocycles. The van der Waals surface area contributed by atoms with Gasteiger partial charge in [0.25, 0.3) is 5.91 Å². The first-order valence-corrected chi connectivity index (χ1v) is 7.06. The van der Waals surface area contributed by atoms with Crippen molar-refractivity contribution in [3.8, 4) is 0 Å². The molecule has 0 radical (unpaired) electrons. The van der Waals surface area contributed by atoms with Crippen molar-refractivity contribution in [2.75, 3.05) is 17.7 Å². The van der Waals surface area contributed by atoms with Crippen LogP contribution < -0.4 is 10.6 Å². The number of amides is 1. The standard InChI is InChI=1S/C12H10BrClN2OS/c1-16(9-3-2-7(13)6-8(9)15)12(17)10-4-5-11(14)18-10/h2-6H,15H2,1H3. The van der Waals surface area contributed by atoms with Crippen molar-refractivity contribution in [1.29, 1.82) is 0 Å². The summed E-state index contributed by atoms with van der Waals surface area (Å²) in [5.74, 6) is -0.124. The van der Waals surface area contributed by atoms with Gasteiger partial charge in [0.1, 0.15) is 0 Å². The van der Waals surface area contributed by atoms with Crippen LogP contribution >= 0.6 is 38.9 Å². The molecule has 1 heterocycles. The van der Waals surface area contributed by atoms with Gasteiger partial charge in [0, 0.05) is 11.5 Å². The van der Waals surface area contributed by atoms with E-state index in [1.54, 1.807) is 31.3 Å². The number of rotatable bonds is 2. The van der Waals surface area contributed by atoms with Gasteiger partial charge in [-0.15, -0.1) is 11.3 Å². The van der Waals surface area contributed by atoms with Crippen molar-refractivity contribution in [3.05, 3.63) is 44.0 Å². The van der Waals surface area contributed by atoms with E-state index in [1.165, 1.54) is 16.2 Å². The monoisotopic (exact) mass is 344 g/mol. The largest absolute Gasteiger partial charge is 0.397 e. The molecule has 0 aliphatic heterocycles. The van der Waals surface area contributed by atoms with Gasteiger partial charge in [0.2, 0.25) is 0 Å². The third-order valence-electron chi connectivity index (χ3n) is 2.44. The number of carbonyl (C=O) groups excluding carboxylic acids is 1. The molecule has 0 unspecified atom stereocenters. The third kappa shape index (κ3) is 2.68. The van der Waals surface area contributed by atoms with Gasteiger partial charge in [-0.2, -0.15) is 0 Å². The molecule has 1 aromatic carbocycles. The van der Waals surface area contributed by atoms with Gasteiger partial charge in [-0.25, -0.2) is 0 Å². The molecule has 1 aromatic heterocycles. The number of hydrogen-bond donors (Lipinski definition) is 1. The van der Waals surface area contributed by atoms with Crippen LogP contribution in [0.15, 0.2) is 34.8 Å². The maximum atomic E-state index is 12.2. The van der Waals surface area contributed by atoms with Crippen LogP contribution in [0.4, 0.5) is 11.4 Å². The molecule has 0 spiro atoms. The maximum absolute atomic E-state index is 12.2. The Hall–Kier alpha value is -1.04. The van der Waals surface area contributed by atoms with Gasteiger partial charge in [-0.1, -0.05) is 27.5 Å². The van der Waals surface area contributed by atoms with Crippen LogP contribution in [0.5, 0.6) is 0 Å². The van der Waals surface area contributed by atoms with E-state index < -0.39 is 0 Å². The number of carbonyl (C=O) groups is 1. The number of halogens is 2. The maximum Gasteiger partial charge on any atom is 0.268 e. The Morgan fingerprint density at radius 3 is 2.67 bits per heavy atom. The average molecular weight is 346 g/mol. The molecule has 0 aliphatic rings. The summed E-state index contributed by atoms with van der Waals surface area (Å²) in [6.45, 7) is 0. The summed E-state index contributed by atoms with van der Waals surface area (Å²) in [5.41, 5.74) is 7.11. The lowest BCUT2D eigenvalue weighted by atomic mass is 10.2. The second-order valence-corrected chi connectivity index (χ2v) is 6.30. The van der Waals surface area contributed by atoms with E-state index in [0.717, 1.165) is 4.47 Å². The lowest BCUT2D eigenvalue weighted by Crippen LogP contribution is -2.26. The molecule has 2 N–H and O–H groups in total. The lowest BCUT2D eigenvalue weighted by molar-refractivity contribution is 0.0997. The predicted molar refractivity (Wildman–Crippen MR) is 80.6 cm³/mol. The number of nitrogens with zero attached hydrogens (tertiary/aromatic N) is 1.